The number of ether oxygens (including phenoxy) is 2. The van der Waals surface area contributed by atoms with Gasteiger partial charge in [-0.25, -0.2) is 0 Å². The minimum atomic E-state index is -2.90. The van der Waals surface area contributed by atoms with Gasteiger partial charge in [0.2, 0.25) is 0 Å². The Morgan fingerprint density at radius 1 is 1.31 bits per heavy atom. The van der Waals surface area contributed by atoms with Gasteiger partial charge in [-0.1, -0.05) is 6.92 Å². The zero-order valence-corrected chi connectivity index (χ0v) is 17.1. The van der Waals surface area contributed by atoms with Crippen LogP contribution in [0.2, 0.25) is 0 Å². The molecule has 2 N–H and O–H groups in total. The molecule has 0 radical (unpaired) electrons. The Labute approximate surface area is 170 Å². The molecule has 0 aliphatic rings. The van der Waals surface area contributed by atoms with Gasteiger partial charge in [0.15, 0.2) is 5.96 Å². The van der Waals surface area contributed by atoms with Gasteiger partial charge in [-0.15, -0.1) is 0 Å². The zero-order chi connectivity index (χ0) is 21.1. The number of nitrogens with zero attached hydrogens (tertiary/aromatic N) is 3. The standard InChI is InChI=1S/C20H29F2N5O2/c1-4-10-28-17-8-7-16(18(11-17)29-19(21)22)13-25-20(23-2)24-9-5-6-15-12-26-27(3)14-15/h7-8,11-12,14,19H,4-6,9-10,13H2,1-3H3,(H2,23,24,25). The van der Waals surface area contributed by atoms with Crippen molar-refractivity contribution in [3.8, 4) is 11.5 Å². The molecule has 0 atom stereocenters. The van der Waals surface area contributed by atoms with Crippen LogP contribution >= 0.6 is 0 Å². The van der Waals surface area contributed by atoms with Crippen LogP contribution in [0.15, 0.2) is 35.6 Å². The number of hydrogen-bond donors (Lipinski definition) is 2. The van der Waals surface area contributed by atoms with Crippen LogP contribution < -0.4 is 20.1 Å². The molecule has 0 saturated carbocycles. The van der Waals surface area contributed by atoms with E-state index in [0.29, 0.717) is 30.4 Å². The first-order chi connectivity index (χ1) is 14.0. The van der Waals surface area contributed by atoms with Gasteiger partial charge < -0.3 is 20.1 Å². The van der Waals surface area contributed by atoms with Crippen molar-refractivity contribution >= 4 is 5.96 Å². The molecular weight excluding hydrogens is 380 g/mol. The average Bonchev–Trinajstić information content (AvgIpc) is 3.11. The third-order valence-corrected chi connectivity index (χ3v) is 4.09. The van der Waals surface area contributed by atoms with Crippen molar-refractivity contribution in [1.29, 1.82) is 0 Å². The monoisotopic (exact) mass is 409 g/mol. The highest BCUT2D eigenvalue weighted by atomic mass is 19.3. The van der Waals surface area contributed by atoms with Gasteiger partial charge in [-0.2, -0.15) is 13.9 Å². The average molecular weight is 409 g/mol. The number of alkyl halides is 2. The molecule has 7 nitrogen and oxygen atoms in total. The van der Waals surface area contributed by atoms with Gasteiger partial charge in [-0.3, -0.25) is 9.67 Å². The fourth-order valence-electron chi connectivity index (χ4n) is 2.70. The second-order valence-corrected chi connectivity index (χ2v) is 6.47. The molecule has 0 aliphatic carbocycles. The predicted molar refractivity (Wildman–Crippen MR) is 109 cm³/mol. The number of aliphatic imine (C=N–C) groups is 1. The summed E-state index contributed by atoms with van der Waals surface area (Å²) in [6.07, 6.45) is 6.49. The van der Waals surface area contributed by atoms with E-state index in [1.165, 1.54) is 11.6 Å². The lowest BCUT2D eigenvalue weighted by Crippen LogP contribution is -2.37. The molecule has 2 rings (SSSR count). The van der Waals surface area contributed by atoms with E-state index in [1.807, 2.05) is 26.4 Å². The molecule has 1 aromatic heterocycles. The molecule has 2 aromatic rings. The molecule has 29 heavy (non-hydrogen) atoms. The van der Waals surface area contributed by atoms with E-state index in [4.69, 9.17) is 4.74 Å². The summed E-state index contributed by atoms with van der Waals surface area (Å²) < 4.78 is 37.5. The van der Waals surface area contributed by atoms with Crippen molar-refractivity contribution in [1.82, 2.24) is 20.4 Å². The largest absolute Gasteiger partial charge is 0.493 e. The lowest BCUT2D eigenvalue weighted by atomic mass is 10.2. The summed E-state index contributed by atoms with van der Waals surface area (Å²) in [5.41, 5.74) is 1.77. The SMILES string of the molecule is CCCOc1ccc(CNC(=NC)NCCCc2cnn(C)c2)c(OC(F)F)c1. The van der Waals surface area contributed by atoms with E-state index in [-0.39, 0.29) is 5.75 Å². The normalized spacial score (nSPS) is 11.6. The van der Waals surface area contributed by atoms with Crippen LogP contribution in [-0.2, 0) is 20.0 Å². The summed E-state index contributed by atoms with van der Waals surface area (Å²) in [7, 11) is 3.55. The molecule has 0 bridgehead atoms. The molecule has 0 aliphatic heterocycles. The Kier molecular flexibility index (Phi) is 9.20. The van der Waals surface area contributed by atoms with Crippen LogP contribution in [0.25, 0.3) is 0 Å². The molecule has 0 amide bonds. The van der Waals surface area contributed by atoms with Gasteiger partial charge in [0, 0.05) is 45.0 Å². The maximum Gasteiger partial charge on any atom is 0.387 e. The minimum Gasteiger partial charge on any atom is -0.493 e. The summed E-state index contributed by atoms with van der Waals surface area (Å²) in [6, 6.07) is 4.95. The van der Waals surface area contributed by atoms with Gasteiger partial charge in [0.05, 0.1) is 12.8 Å². The fraction of sp³-hybridized carbons (Fsp3) is 0.500. The number of aromatic nitrogens is 2. The topological polar surface area (TPSA) is 72.7 Å². The van der Waals surface area contributed by atoms with E-state index in [9.17, 15) is 8.78 Å². The fourth-order valence-corrected chi connectivity index (χ4v) is 2.70. The van der Waals surface area contributed by atoms with Crippen molar-refractivity contribution in [3.05, 3.63) is 41.7 Å². The lowest BCUT2D eigenvalue weighted by molar-refractivity contribution is -0.0505. The maximum absolute atomic E-state index is 12.8. The molecule has 1 aromatic carbocycles. The van der Waals surface area contributed by atoms with Gasteiger partial charge in [-0.05, 0) is 37.0 Å². The number of halogens is 2. The minimum absolute atomic E-state index is 0.0909. The number of rotatable bonds is 11. The molecule has 0 unspecified atom stereocenters. The lowest BCUT2D eigenvalue weighted by Gasteiger charge is -2.16. The van der Waals surface area contributed by atoms with Crippen LogP contribution in [-0.4, -0.2) is 42.6 Å². The van der Waals surface area contributed by atoms with Crippen molar-refractivity contribution in [2.45, 2.75) is 39.3 Å². The summed E-state index contributed by atoms with van der Waals surface area (Å²) in [4.78, 5) is 4.16. The Morgan fingerprint density at radius 3 is 2.79 bits per heavy atom. The highest BCUT2D eigenvalue weighted by molar-refractivity contribution is 5.79. The summed E-state index contributed by atoms with van der Waals surface area (Å²) in [6.45, 7) is 0.600. The second-order valence-electron chi connectivity index (χ2n) is 6.47. The summed E-state index contributed by atoms with van der Waals surface area (Å²) >= 11 is 0. The van der Waals surface area contributed by atoms with Crippen molar-refractivity contribution in [2.24, 2.45) is 12.0 Å². The molecule has 0 saturated heterocycles. The Morgan fingerprint density at radius 2 is 2.14 bits per heavy atom. The highest BCUT2D eigenvalue weighted by Crippen LogP contribution is 2.26. The van der Waals surface area contributed by atoms with Crippen LogP contribution in [0.5, 0.6) is 11.5 Å². The maximum atomic E-state index is 12.8. The van der Waals surface area contributed by atoms with Crippen LogP contribution in [0.1, 0.15) is 30.9 Å². The van der Waals surface area contributed by atoms with Crippen molar-refractivity contribution in [2.75, 3.05) is 20.2 Å². The quantitative estimate of drug-likeness (QED) is 0.339. The summed E-state index contributed by atoms with van der Waals surface area (Å²) in [5, 5.41) is 10.5. The van der Waals surface area contributed by atoms with Crippen molar-refractivity contribution < 1.29 is 18.3 Å². The first-order valence-corrected chi connectivity index (χ1v) is 9.64. The van der Waals surface area contributed by atoms with Crippen molar-refractivity contribution in [3.63, 3.8) is 0 Å². The van der Waals surface area contributed by atoms with Gasteiger partial charge in [0.25, 0.3) is 0 Å². The number of aryl methyl sites for hydroxylation is 2. The Balaban J connectivity index is 1.86. The van der Waals surface area contributed by atoms with E-state index in [2.05, 4.69) is 25.5 Å². The first kappa shape index (κ1) is 22.4. The van der Waals surface area contributed by atoms with E-state index in [0.717, 1.165) is 25.8 Å². The Bertz CT molecular complexity index is 780. The van der Waals surface area contributed by atoms with Gasteiger partial charge in [0.1, 0.15) is 11.5 Å². The molecule has 1 heterocycles. The highest BCUT2D eigenvalue weighted by Gasteiger charge is 2.12. The van der Waals surface area contributed by atoms with E-state index in [1.54, 1.807) is 23.9 Å². The molecule has 160 valence electrons. The smallest absolute Gasteiger partial charge is 0.387 e. The van der Waals surface area contributed by atoms with Gasteiger partial charge >= 0.3 is 6.61 Å². The Hall–Kier alpha value is -2.84. The molecule has 9 heteroatoms. The molecule has 0 fully saturated rings. The number of benzene rings is 1. The van der Waals surface area contributed by atoms with Crippen LogP contribution in [0.4, 0.5) is 8.78 Å². The number of hydrogen-bond acceptors (Lipinski definition) is 4. The predicted octanol–water partition coefficient (Wildman–Crippen LogP) is 3.11. The third-order valence-electron chi connectivity index (χ3n) is 4.09. The van der Waals surface area contributed by atoms with E-state index >= 15 is 0 Å². The number of nitrogens with one attached hydrogen (secondary N) is 2. The molecular formula is C20H29F2N5O2. The second kappa shape index (κ2) is 11.9. The zero-order valence-electron chi connectivity index (χ0n) is 17.1. The third kappa shape index (κ3) is 7.97. The summed E-state index contributed by atoms with van der Waals surface area (Å²) in [5.74, 6) is 1.18. The first-order valence-electron chi connectivity index (χ1n) is 9.64. The number of guanidine groups is 1. The van der Waals surface area contributed by atoms with Crippen LogP contribution in [0.3, 0.4) is 0 Å². The van der Waals surface area contributed by atoms with E-state index < -0.39 is 6.61 Å². The molecule has 0 spiro atoms. The van der Waals surface area contributed by atoms with Crippen LogP contribution in [0, 0.1) is 0 Å².